The molecule has 25 heavy (non-hydrogen) atoms. The van der Waals surface area contributed by atoms with Crippen LogP contribution in [-0.4, -0.2) is 10.9 Å². The molecule has 0 atom stereocenters. The summed E-state index contributed by atoms with van der Waals surface area (Å²) >= 11 is 1.42. The topological polar surface area (TPSA) is 42.0 Å². The van der Waals surface area contributed by atoms with Crippen LogP contribution in [0.3, 0.4) is 0 Å². The molecular weight excluding hydrogens is 349 g/mol. The average Bonchev–Trinajstić information content (AvgIpc) is 3.03. The van der Waals surface area contributed by atoms with E-state index in [1.165, 1.54) is 23.5 Å². The number of alkyl halides is 3. The van der Waals surface area contributed by atoms with Crippen LogP contribution < -0.4 is 5.32 Å². The van der Waals surface area contributed by atoms with Crippen LogP contribution in [0.15, 0.2) is 60.0 Å². The molecule has 1 heterocycles. The molecule has 0 aliphatic carbocycles. The number of amides is 1. The molecule has 3 nitrogen and oxygen atoms in total. The average molecular weight is 362 g/mol. The molecule has 0 aliphatic rings. The van der Waals surface area contributed by atoms with Crippen molar-refractivity contribution >= 4 is 22.9 Å². The summed E-state index contributed by atoms with van der Waals surface area (Å²) in [5, 5.41) is 5.04. The highest BCUT2D eigenvalue weighted by atomic mass is 32.1. The van der Waals surface area contributed by atoms with Crippen LogP contribution in [0.4, 0.5) is 18.9 Å². The highest BCUT2D eigenvalue weighted by Crippen LogP contribution is 2.30. The number of nitrogens with one attached hydrogen (secondary N) is 1. The smallest absolute Gasteiger partial charge is 0.326 e. The molecule has 1 aromatic heterocycles. The predicted octanol–water partition coefficient (Wildman–Crippen LogP) is 5.01. The van der Waals surface area contributed by atoms with Crippen LogP contribution in [0.25, 0.3) is 10.6 Å². The van der Waals surface area contributed by atoms with Gasteiger partial charge in [0.25, 0.3) is 0 Å². The first kappa shape index (κ1) is 17.2. The molecule has 0 saturated heterocycles. The van der Waals surface area contributed by atoms with Gasteiger partial charge in [0.2, 0.25) is 5.91 Å². The summed E-state index contributed by atoms with van der Waals surface area (Å²) in [7, 11) is 0. The van der Waals surface area contributed by atoms with E-state index in [0.717, 1.165) is 22.7 Å². The van der Waals surface area contributed by atoms with Crippen LogP contribution in [-0.2, 0) is 17.4 Å². The Morgan fingerprint density at radius 3 is 2.56 bits per heavy atom. The molecule has 0 fully saturated rings. The molecule has 3 rings (SSSR count). The van der Waals surface area contributed by atoms with E-state index in [1.54, 1.807) is 5.38 Å². The van der Waals surface area contributed by atoms with E-state index in [-0.39, 0.29) is 12.1 Å². The third-order valence-corrected chi connectivity index (χ3v) is 4.33. The molecule has 0 radical (unpaired) electrons. The van der Waals surface area contributed by atoms with Gasteiger partial charge in [0.1, 0.15) is 5.01 Å². The second-order valence-corrected chi connectivity index (χ2v) is 6.17. The van der Waals surface area contributed by atoms with Crippen LogP contribution in [0, 0.1) is 0 Å². The lowest BCUT2D eigenvalue weighted by molar-refractivity contribution is -0.137. The summed E-state index contributed by atoms with van der Waals surface area (Å²) in [6, 6.07) is 14.1. The lowest BCUT2D eigenvalue weighted by Gasteiger charge is -2.09. The molecule has 3 aromatic rings. The third-order valence-electron chi connectivity index (χ3n) is 3.39. The summed E-state index contributed by atoms with van der Waals surface area (Å²) in [6.07, 6.45) is -4.44. The fraction of sp³-hybridized carbons (Fsp3) is 0.111. The lowest BCUT2D eigenvalue weighted by Crippen LogP contribution is -2.15. The van der Waals surface area contributed by atoms with Gasteiger partial charge in [0, 0.05) is 16.6 Å². The Balaban J connectivity index is 1.67. The van der Waals surface area contributed by atoms with Crippen molar-refractivity contribution in [3.63, 3.8) is 0 Å². The molecular formula is C18H13F3N2OS. The minimum absolute atomic E-state index is 0.000418. The summed E-state index contributed by atoms with van der Waals surface area (Å²) in [5.74, 6) is -0.413. The highest BCUT2D eigenvalue weighted by Gasteiger charge is 2.30. The Kier molecular flexibility index (Phi) is 4.85. The monoisotopic (exact) mass is 362 g/mol. The molecule has 0 spiro atoms. The van der Waals surface area contributed by atoms with E-state index in [4.69, 9.17) is 0 Å². The maximum atomic E-state index is 12.7. The third kappa shape index (κ3) is 4.45. The standard InChI is InChI=1S/C18H13F3N2OS/c19-18(20,21)13-7-4-8-14(9-13)22-16(24)10-15-11-25-17(23-15)12-5-2-1-3-6-12/h1-9,11H,10H2,(H,22,24). The number of carbonyl (C=O) groups excluding carboxylic acids is 1. The molecule has 1 amide bonds. The number of benzene rings is 2. The van der Waals surface area contributed by atoms with Crippen molar-refractivity contribution in [1.29, 1.82) is 0 Å². The number of aromatic nitrogens is 1. The van der Waals surface area contributed by atoms with Gasteiger partial charge < -0.3 is 5.32 Å². The molecule has 7 heteroatoms. The van der Waals surface area contributed by atoms with E-state index in [1.807, 2.05) is 30.3 Å². The Morgan fingerprint density at radius 2 is 1.84 bits per heavy atom. The second-order valence-electron chi connectivity index (χ2n) is 5.31. The zero-order valence-electron chi connectivity index (χ0n) is 12.9. The SMILES string of the molecule is O=C(Cc1csc(-c2ccccc2)n1)Nc1cccc(C(F)(F)F)c1. The van der Waals surface area contributed by atoms with Crippen molar-refractivity contribution in [3.8, 4) is 10.6 Å². The van der Waals surface area contributed by atoms with Crippen molar-refractivity contribution in [1.82, 2.24) is 4.98 Å². The van der Waals surface area contributed by atoms with Crippen LogP contribution in [0.5, 0.6) is 0 Å². The summed E-state index contributed by atoms with van der Waals surface area (Å²) < 4.78 is 38.1. The second kappa shape index (κ2) is 7.06. The first-order valence-electron chi connectivity index (χ1n) is 7.39. The largest absolute Gasteiger partial charge is 0.416 e. The quantitative estimate of drug-likeness (QED) is 0.709. The van der Waals surface area contributed by atoms with E-state index < -0.39 is 17.6 Å². The van der Waals surface area contributed by atoms with Crippen molar-refractivity contribution < 1.29 is 18.0 Å². The minimum atomic E-state index is -4.44. The van der Waals surface area contributed by atoms with E-state index in [2.05, 4.69) is 10.3 Å². The molecule has 0 saturated carbocycles. The van der Waals surface area contributed by atoms with Gasteiger partial charge in [0.15, 0.2) is 0 Å². The summed E-state index contributed by atoms with van der Waals surface area (Å²) in [5.41, 5.74) is 0.842. The van der Waals surface area contributed by atoms with Gasteiger partial charge in [0.05, 0.1) is 17.7 Å². The number of nitrogens with zero attached hydrogens (tertiary/aromatic N) is 1. The Bertz CT molecular complexity index is 875. The number of hydrogen-bond donors (Lipinski definition) is 1. The number of anilines is 1. The molecule has 0 aliphatic heterocycles. The molecule has 1 N–H and O–H groups in total. The summed E-state index contributed by atoms with van der Waals surface area (Å²) in [6.45, 7) is 0. The number of halogens is 3. The molecule has 128 valence electrons. The van der Waals surface area contributed by atoms with Gasteiger partial charge in [-0.15, -0.1) is 11.3 Å². The van der Waals surface area contributed by atoms with Gasteiger partial charge in [-0.3, -0.25) is 4.79 Å². The number of hydrogen-bond acceptors (Lipinski definition) is 3. The predicted molar refractivity (Wildman–Crippen MR) is 91.3 cm³/mol. The minimum Gasteiger partial charge on any atom is -0.326 e. The van der Waals surface area contributed by atoms with E-state index in [9.17, 15) is 18.0 Å². The lowest BCUT2D eigenvalue weighted by atomic mass is 10.2. The zero-order chi connectivity index (χ0) is 17.9. The van der Waals surface area contributed by atoms with Crippen molar-refractivity contribution in [2.24, 2.45) is 0 Å². The van der Waals surface area contributed by atoms with Gasteiger partial charge >= 0.3 is 6.18 Å². The van der Waals surface area contributed by atoms with E-state index in [0.29, 0.717) is 5.69 Å². The number of thiazole rings is 1. The van der Waals surface area contributed by atoms with E-state index >= 15 is 0 Å². The van der Waals surface area contributed by atoms with Crippen LogP contribution >= 0.6 is 11.3 Å². The highest BCUT2D eigenvalue weighted by molar-refractivity contribution is 7.13. The zero-order valence-corrected chi connectivity index (χ0v) is 13.7. The van der Waals surface area contributed by atoms with Crippen molar-refractivity contribution in [2.75, 3.05) is 5.32 Å². The maximum absolute atomic E-state index is 12.7. The number of carbonyl (C=O) groups is 1. The molecule has 0 bridgehead atoms. The molecule has 2 aromatic carbocycles. The Morgan fingerprint density at radius 1 is 1.08 bits per heavy atom. The Hall–Kier alpha value is -2.67. The first-order chi connectivity index (χ1) is 11.9. The van der Waals surface area contributed by atoms with Crippen LogP contribution in [0.1, 0.15) is 11.3 Å². The molecule has 0 unspecified atom stereocenters. The van der Waals surface area contributed by atoms with Gasteiger partial charge in [-0.25, -0.2) is 4.98 Å². The first-order valence-corrected chi connectivity index (χ1v) is 8.27. The number of rotatable bonds is 4. The summed E-state index contributed by atoms with van der Waals surface area (Å²) in [4.78, 5) is 16.5. The fourth-order valence-electron chi connectivity index (χ4n) is 2.24. The Labute approximate surface area is 146 Å². The van der Waals surface area contributed by atoms with Gasteiger partial charge in [-0.1, -0.05) is 36.4 Å². The maximum Gasteiger partial charge on any atom is 0.416 e. The van der Waals surface area contributed by atoms with Crippen molar-refractivity contribution in [2.45, 2.75) is 12.6 Å². The fourth-order valence-corrected chi connectivity index (χ4v) is 3.07. The van der Waals surface area contributed by atoms with Gasteiger partial charge in [-0.2, -0.15) is 13.2 Å². The van der Waals surface area contributed by atoms with Crippen LogP contribution in [0.2, 0.25) is 0 Å². The van der Waals surface area contributed by atoms with Crippen molar-refractivity contribution in [3.05, 3.63) is 71.2 Å². The normalized spacial score (nSPS) is 11.3. The van der Waals surface area contributed by atoms with Gasteiger partial charge in [-0.05, 0) is 18.2 Å².